The zero-order valence-corrected chi connectivity index (χ0v) is 10.5. The smallest absolute Gasteiger partial charge is 0.340 e. The molecule has 2 aromatic heterocycles. The minimum atomic E-state index is -0.422. The number of fused-ring (bicyclic) bond motifs is 1. The SMILES string of the molecule is CCCC(=O)c1cc(C(=O)OC)c2ccccn12. The quantitative estimate of drug-likeness (QED) is 0.614. The van der Waals surface area contributed by atoms with Crippen LogP contribution in [0.15, 0.2) is 30.5 Å². The Morgan fingerprint density at radius 3 is 2.78 bits per heavy atom. The molecule has 0 radical (unpaired) electrons. The fourth-order valence-electron chi connectivity index (χ4n) is 2.00. The molecule has 18 heavy (non-hydrogen) atoms. The molecule has 2 aromatic rings. The molecule has 2 rings (SSSR count). The molecule has 0 saturated heterocycles. The van der Waals surface area contributed by atoms with Gasteiger partial charge in [0.1, 0.15) is 0 Å². The summed E-state index contributed by atoms with van der Waals surface area (Å²) < 4.78 is 6.47. The second kappa shape index (κ2) is 5.04. The summed E-state index contributed by atoms with van der Waals surface area (Å²) in [6.45, 7) is 1.95. The number of Topliss-reactive ketones (excluding diaryl/α,β-unsaturated/α-hetero) is 1. The number of ether oxygens (including phenoxy) is 1. The summed E-state index contributed by atoms with van der Waals surface area (Å²) in [4.78, 5) is 23.7. The lowest BCUT2D eigenvalue weighted by Gasteiger charge is -2.00. The monoisotopic (exact) mass is 245 g/mol. The average molecular weight is 245 g/mol. The second-order valence-electron chi connectivity index (χ2n) is 4.06. The van der Waals surface area contributed by atoms with E-state index in [4.69, 9.17) is 4.74 Å². The third-order valence-corrected chi connectivity index (χ3v) is 2.84. The van der Waals surface area contributed by atoms with Crippen LogP contribution in [0.5, 0.6) is 0 Å². The lowest BCUT2D eigenvalue weighted by atomic mass is 10.1. The maximum atomic E-state index is 12.0. The maximum Gasteiger partial charge on any atom is 0.340 e. The molecule has 4 nitrogen and oxygen atoms in total. The van der Waals surface area contributed by atoms with Gasteiger partial charge in [0.25, 0.3) is 0 Å². The van der Waals surface area contributed by atoms with Crippen molar-refractivity contribution in [3.63, 3.8) is 0 Å². The van der Waals surface area contributed by atoms with Crippen LogP contribution in [-0.4, -0.2) is 23.3 Å². The van der Waals surface area contributed by atoms with Crippen molar-refractivity contribution in [2.24, 2.45) is 0 Å². The van der Waals surface area contributed by atoms with Crippen LogP contribution in [0.2, 0.25) is 0 Å². The van der Waals surface area contributed by atoms with Crippen molar-refractivity contribution in [3.8, 4) is 0 Å². The summed E-state index contributed by atoms with van der Waals surface area (Å²) in [7, 11) is 1.34. The summed E-state index contributed by atoms with van der Waals surface area (Å²) >= 11 is 0. The molecule has 0 unspecified atom stereocenters. The van der Waals surface area contributed by atoms with Gasteiger partial charge in [0, 0.05) is 12.6 Å². The number of ketones is 1. The van der Waals surface area contributed by atoms with Crippen LogP contribution in [-0.2, 0) is 4.74 Å². The van der Waals surface area contributed by atoms with Crippen LogP contribution < -0.4 is 0 Å². The lowest BCUT2D eigenvalue weighted by Crippen LogP contribution is -2.02. The van der Waals surface area contributed by atoms with Crippen molar-refractivity contribution in [3.05, 3.63) is 41.7 Å². The third-order valence-electron chi connectivity index (χ3n) is 2.84. The molecule has 0 aliphatic heterocycles. The number of hydrogen-bond donors (Lipinski definition) is 0. The number of hydrogen-bond acceptors (Lipinski definition) is 3. The van der Waals surface area contributed by atoms with E-state index in [9.17, 15) is 9.59 Å². The first-order valence-electron chi connectivity index (χ1n) is 5.90. The predicted octanol–water partition coefficient (Wildman–Crippen LogP) is 2.71. The number of methoxy groups -OCH3 is 1. The fourth-order valence-corrected chi connectivity index (χ4v) is 2.00. The van der Waals surface area contributed by atoms with Gasteiger partial charge in [-0.05, 0) is 24.6 Å². The van der Waals surface area contributed by atoms with Crippen LogP contribution in [0.3, 0.4) is 0 Å². The van der Waals surface area contributed by atoms with Crippen molar-refractivity contribution in [1.29, 1.82) is 0 Å². The van der Waals surface area contributed by atoms with E-state index in [2.05, 4.69) is 0 Å². The van der Waals surface area contributed by atoms with Crippen LogP contribution in [0.1, 0.15) is 40.6 Å². The van der Waals surface area contributed by atoms with Crippen molar-refractivity contribution in [1.82, 2.24) is 4.40 Å². The van der Waals surface area contributed by atoms with Gasteiger partial charge in [0.2, 0.25) is 0 Å². The molecule has 0 aromatic carbocycles. The van der Waals surface area contributed by atoms with Crippen LogP contribution in [0.25, 0.3) is 5.52 Å². The Bertz CT molecular complexity index is 598. The molecule has 0 fully saturated rings. The highest BCUT2D eigenvalue weighted by Crippen LogP contribution is 2.19. The Morgan fingerprint density at radius 2 is 2.11 bits per heavy atom. The van der Waals surface area contributed by atoms with Gasteiger partial charge in [-0.15, -0.1) is 0 Å². The molecular weight excluding hydrogens is 230 g/mol. The first-order valence-corrected chi connectivity index (χ1v) is 5.90. The molecule has 0 aliphatic carbocycles. The predicted molar refractivity (Wildman–Crippen MR) is 68.0 cm³/mol. The van der Waals surface area contributed by atoms with Gasteiger partial charge in [-0.3, -0.25) is 4.79 Å². The minimum absolute atomic E-state index is 0.0360. The van der Waals surface area contributed by atoms with Gasteiger partial charge in [-0.1, -0.05) is 13.0 Å². The highest BCUT2D eigenvalue weighted by molar-refractivity contribution is 6.03. The highest BCUT2D eigenvalue weighted by Gasteiger charge is 2.18. The fraction of sp³-hybridized carbons (Fsp3) is 0.286. The molecule has 0 N–H and O–H groups in total. The zero-order chi connectivity index (χ0) is 13.1. The summed E-state index contributed by atoms with van der Waals surface area (Å²) in [5, 5.41) is 0. The molecular formula is C14H15NO3. The summed E-state index contributed by atoms with van der Waals surface area (Å²) in [5.41, 5.74) is 1.66. The third kappa shape index (κ3) is 2.01. The van der Waals surface area contributed by atoms with E-state index in [1.54, 1.807) is 22.7 Å². The minimum Gasteiger partial charge on any atom is -0.465 e. The molecule has 0 atom stereocenters. The van der Waals surface area contributed by atoms with Gasteiger partial charge in [0.15, 0.2) is 5.78 Å². The number of rotatable bonds is 4. The summed E-state index contributed by atoms with van der Waals surface area (Å²) in [5.74, 6) is -0.386. The van der Waals surface area contributed by atoms with Gasteiger partial charge in [-0.25, -0.2) is 4.79 Å². The average Bonchev–Trinajstić information content (AvgIpc) is 2.78. The molecule has 4 heteroatoms. The van der Waals surface area contributed by atoms with Gasteiger partial charge in [0.05, 0.1) is 23.9 Å². The van der Waals surface area contributed by atoms with Crippen LogP contribution in [0.4, 0.5) is 0 Å². The van der Waals surface area contributed by atoms with E-state index in [0.29, 0.717) is 23.2 Å². The van der Waals surface area contributed by atoms with Crippen molar-refractivity contribution < 1.29 is 14.3 Å². The van der Waals surface area contributed by atoms with Crippen molar-refractivity contribution in [2.45, 2.75) is 19.8 Å². The summed E-state index contributed by atoms with van der Waals surface area (Å²) in [6.07, 6.45) is 3.04. The molecule has 0 aliphatic rings. The highest BCUT2D eigenvalue weighted by atomic mass is 16.5. The number of nitrogens with zero attached hydrogens (tertiary/aromatic N) is 1. The maximum absolute atomic E-state index is 12.0. The molecule has 0 saturated carbocycles. The van der Waals surface area contributed by atoms with E-state index in [0.717, 1.165) is 6.42 Å². The number of esters is 1. The van der Waals surface area contributed by atoms with E-state index in [1.165, 1.54) is 7.11 Å². The second-order valence-corrected chi connectivity index (χ2v) is 4.06. The van der Waals surface area contributed by atoms with E-state index in [-0.39, 0.29) is 5.78 Å². The molecule has 0 bridgehead atoms. The summed E-state index contributed by atoms with van der Waals surface area (Å²) in [6, 6.07) is 7.07. The normalized spacial score (nSPS) is 10.6. The lowest BCUT2D eigenvalue weighted by molar-refractivity contribution is 0.0603. The largest absolute Gasteiger partial charge is 0.465 e. The number of carbonyl (C=O) groups is 2. The van der Waals surface area contributed by atoms with Gasteiger partial charge < -0.3 is 9.14 Å². The standard InChI is InChI=1S/C14H15NO3/c1-3-6-13(16)12-9-10(14(17)18-2)11-7-4-5-8-15(11)12/h4-5,7-9H,3,6H2,1-2H3. The number of aromatic nitrogens is 1. The van der Waals surface area contributed by atoms with Gasteiger partial charge in [-0.2, -0.15) is 0 Å². The molecule has 2 heterocycles. The Morgan fingerprint density at radius 1 is 1.33 bits per heavy atom. The number of carbonyl (C=O) groups excluding carboxylic acids is 2. The van der Waals surface area contributed by atoms with Crippen LogP contribution in [0, 0.1) is 0 Å². The Hall–Kier alpha value is -2.10. The Balaban J connectivity index is 2.61. The van der Waals surface area contributed by atoms with Crippen LogP contribution >= 0.6 is 0 Å². The first kappa shape index (κ1) is 12.4. The topological polar surface area (TPSA) is 47.8 Å². The molecule has 0 amide bonds. The van der Waals surface area contributed by atoms with Crippen molar-refractivity contribution in [2.75, 3.05) is 7.11 Å². The number of pyridine rings is 1. The van der Waals surface area contributed by atoms with Crippen molar-refractivity contribution >= 4 is 17.3 Å². The van der Waals surface area contributed by atoms with Gasteiger partial charge >= 0.3 is 5.97 Å². The Kier molecular flexibility index (Phi) is 3.46. The van der Waals surface area contributed by atoms with E-state index >= 15 is 0 Å². The molecule has 94 valence electrons. The first-order chi connectivity index (χ1) is 8.69. The van der Waals surface area contributed by atoms with E-state index in [1.807, 2.05) is 19.1 Å². The Labute approximate surface area is 105 Å². The molecule has 0 spiro atoms. The zero-order valence-electron chi connectivity index (χ0n) is 10.5. The van der Waals surface area contributed by atoms with E-state index < -0.39 is 5.97 Å².